The Morgan fingerprint density at radius 3 is 2.08 bits per heavy atom. The van der Waals surface area contributed by atoms with Gasteiger partial charge in [0.1, 0.15) is 0 Å². The molecule has 1 aliphatic carbocycles. The molecule has 0 heterocycles. The Bertz CT molecular complexity index is 191. The van der Waals surface area contributed by atoms with Crippen molar-refractivity contribution in [2.24, 2.45) is 17.3 Å². The SMILES string of the molecule is CCC1C=CC=CC1C(C)(C)C. The van der Waals surface area contributed by atoms with Crippen LogP contribution < -0.4 is 0 Å². The first-order valence-electron chi connectivity index (χ1n) is 4.90. The van der Waals surface area contributed by atoms with Gasteiger partial charge in [-0.15, -0.1) is 0 Å². The molecule has 1 rings (SSSR count). The van der Waals surface area contributed by atoms with Gasteiger partial charge in [0.25, 0.3) is 0 Å². The van der Waals surface area contributed by atoms with E-state index in [1.807, 2.05) is 0 Å². The molecular formula is C12H20. The third kappa shape index (κ3) is 2.00. The molecule has 0 spiro atoms. The molecule has 12 heavy (non-hydrogen) atoms. The zero-order chi connectivity index (χ0) is 9.19. The van der Waals surface area contributed by atoms with E-state index in [4.69, 9.17) is 0 Å². The Morgan fingerprint density at radius 1 is 1.08 bits per heavy atom. The average molecular weight is 164 g/mol. The molecule has 0 aliphatic heterocycles. The molecule has 0 heteroatoms. The second kappa shape index (κ2) is 3.47. The van der Waals surface area contributed by atoms with Gasteiger partial charge in [-0.05, 0) is 23.7 Å². The molecule has 0 aromatic heterocycles. The average Bonchev–Trinajstić information content (AvgIpc) is 2.03. The first-order valence-corrected chi connectivity index (χ1v) is 4.90. The van der Waals surface area contributed by atoms with Crippen LogP contribution in [0, 0.1) is 17.3 Å². The first kappa shape index (κ1) is 9.57. The molecule has 1 aliphatic rings. The second-order valence-corrected chi connectivity index (χ2v) is 4.73. The van der Waals surface area contributed by atoms with Crippen LogP contribution in [0.5, 0.6) is 0 Å². The maximum absolute atomic E-state index is 2.36. The van der Waals surface area contributed by atoms with Gasteiger partial charge in [-0.3, -0.25) is 0 Å². The van der Waals surface area contributed by atoms with E-state index >= 15 is 0 Å². The highest BCUT2D eigenvalue weighted by Crippen LogP contribution is 2.37. The Labute approximate surface area is 76.4 Å². The van der Waals surface area contributed by atoms with Crippen LogP contribution in [0.3, 0.4) is 0 Å². The lowest BCUT2D eigenvalue weighted by atomic mass is 9.70. The van der Waals surface area contributed by atoms with Gasteiger partial charge in [-0.2, -0.15) is 0 Å². The molecule has 0 aromatic rings. The van der Waals surface area contributed by atoms with Crippen LogP contribution in [0.2, 0.25) is 0 Å². The fourth-order valence-corrected chi connectivity index (χ4v) is 1.97. The molecule has 0 radical (unpaired) electrons. The fraction of sp³-hybridized carbons (Fsp3) is 0.667. The van der Waals surface area contributed by atoms with Crippen LogP contribution in [0.1, 0.15) is 34.1 Å². The Morgan fingerprint density at radius 2 is 1.67 bits per heavy atom. The van der Waals surface area contributed by atoms with Crippen molar-refractivity contribution in [2.75, 3.05) is 0 Å². The summed E-state index contributed by atoms with van der Waals surface area (Å²) in [6.45, 7) is 9.24. The minimum atomic E-state index is 0.405. The molecule has 0 saturated carbocycles. The van der Waals surface area contributed by atoms with Crippen LogP contribution in [-0.4, -0.2) is 0 Å². The molecule has 0 nitrogen and oxygen atoms in total. The predicted octanol–water partition coefficient (Wildman–Crippen LogP) is 3.80. The summed E-state index contributed by atoms with van der Waals surface area (Å²) in [5.74, 6) is 1.46. The zero-order valence-corrected chi connectivity index (χ0v) is 8.67. The summed E-state index contributed by atoms with van der Waals surface area (Å²) < 4.78 is 0. The molecule has 0 aromatic carbocycles. The Hall–Kier alpha value is -0.520. The van der Waals surface area contributed by atoms with Gasteiger partial charge in [0.05, 0.1) is 0 Å². The van der Waals surface area contributed by atoms with Gasteiger partial charge in [0.2, 0.25) is 0 Å². The van der Waals surface area contributed by atoms with Crippen molar-refractivity contribution in [1.82, 2.24) is 0 Å². The normalized spacial score (nSPS) is 29.3. The van der Waals surface area contributed by atoms with Crippen molar-refractivity contribution >= 4 is 0 Å². The fourth-order valence-electron chi connectivity index (χ4n) is 1.97. The molecule has 0 amide bonds. The van der Waals surface area contributed by atoms with Gasteiger partial charge in [0.15, 0.2) is 0 Å². The number of hydrogen-bond donors (Lipinski definition) is 0. The number of hydrogen-bond acceptors (Lipinski definition) is 0. The summed E-state index contributed by atoms with van der Waals surface area (Å²) in [5.41, 5.74) is 0.405. The highest BCUT2D eigenvalue weighted by molar-refractivity contribution is 5.15. The summed E-state index contributed by atoms with van der Waals surface area (Å²) in [5, 5.41) is 0. The van der Waals surface area contributed by atoms with E-state index in [0.717, 1.165) is 5.92 Å². The number of rotatable bonds is 1. The van der Waals surface area contributed by atoms with Crippen molar-refractivity contribution in [3.8, 4) is 0 Å². The van der Waals surface area contributed by atoms with E-state index in [9.17, 15) is 0 Å². The molecule has 0 saturated heterocycles. The molecule has 0 fully saturated rings. The van der Waals surface area contributed by atoms with Gasteiger partial charge >= 0.3 is 0 Å². The van der Waals surface area contributed by atoms with E-state index in [-0.39, 0.29) is 0 Å². The molecular weight excluding hydrogens is 144 g/mol. The molecule has 0 N–H and O–H groups in total. The maximum Gasteiger partial charge on any atom is -0.0119 e. The van der Waals surface area contributed by atoms with Gasteiger partial charge in [-0.1, -0.05) is 52.0 Å². The van der Waals surface area contributed by atoms with Crippen molar-refractivity contribution < 1.29 is 0 Å². The van der Waals surface area contributed by atoms with Crippen LogP contribution >= 0.6 is 0 Å². The minimum absolute atomic E-state index is 0.405. The van der Waals surface area contributed by atoms with Gasteiger partial charge in [-0.25, -0.2) is 0 Å². The summed E-state index contributed by atoms with van der Waals surface area (Å²) >= 11 is 0. The lowest BCUT2D eigenvalue weighted by molar-refractivity contribution is 0.230. The lowest BCUT2D eigenvalue weighted by Crippen LogP contribution is -2.26. The summed E-state index contributed by atoms with van der Waals surface area (Å²) in [6, 6.07) is 0. The standard InChI is InChI=1S/C12H20/c1-5-10-8-6-7-9-11(10)12(2,3)4/h6-11H,5H2,1-4H3. The van der Waals surface area contributed by atoms with Crippen LogP contribution in [0.25, 0.3) is 0 Å². The van der Waals surface area contributed by atoms with Crippen LogP contribution in [0.4, 0.5) is 0 Å². The Kier molecular flexibility index (Phi) is 2.76. The van der Waals surface area contributed by atoms with E-state index < -0.39 is 0 Å². The van der Waals surface area contributed by atoms with E-state index in [2.05, 4.69) is 52.0 Å². The molecule has 2 atom stereocenters. The minimum Gasteiger partial charge on any atom is -0.0808 e. The highest BCUT2D eigenvalue weighted by Gasteiger charge is 2.28. The smallest absolute Gasteiger partial charge is 0.0119 e. The lowest BCUT2D eigenvalue weighted by Gasteiger charge is -2.34. The zero-order valence-electron chi connectivity index (χ0n) is 8.67. The van der Waals surface area contributed by atoms with Crippen molar-refractivity contribution in [2.45, 2.75) is 34.1 Å². The maximum atomic E-state index is 2.36. The first-order chi connectivity index (χ1) is 5.55. The van der Waals surface area contributed by atoms with Crippen LogP contribution in [0.15, 0.2) is 24.3 Å². The summed E-state index contributed by atoms with van der Waals surface area (Å²) in [4.78, 5) is 0. The highest BCUT2D eigenvalue weighted by atomic mass is 14.3. The molecule has 0 bridgehead atoms. The summed E-state index contributed by atoms with van der Waals surface area (Å²) in [7, 11) is 0. The van der Waals surface area contributed by atoms with Crippen molar-refractivity contribution in [1.29, 1.82) is 0 Å². The van der Waals surface area contributed by atoms with E-state index in [1.54, 1.807) is 0 Å². The van der Waals surface area contributed by atoms with Gasteiger partial charge < -0.3 is 0 Å². The Balaban J connectivity index is 2.76. The van der Waals surface area contributed by atoms with Crippen molar-refractivity contribution in [3.05, 3.63) is 24.3 Å². The third-order valence-electron chi connectivity index (χ3n) is 2.72. The monoisotopic (exact) mass is 164 g/mol. The quantitative estimate of drug-likeness (QED) is 0.553. The second-order valence-electron chi connectivity index (χ2n) is 4.73. The topological polar surface area (TPSA) is 0 Å². The largest absolute Gasteiger partial charge is 0.0808 e. The number of allylic oxidation sites excluding steroid dienone is 4. The third-order valence-corrected chi connectivity index (χ3v) is 2.72. The van der Waals surface area contributed by atoms with E-state index in [1.165, 1.54) is 6.42 Å². The predicted molar refractivity (Wildman–Crippen MR) is 55.0 cm³/mol. The van der Waals surface area contributed by atoms with Crippen molar-refractivity contribution in [3.63, 3.8) is 0 Å². The van der Waals surface area contributed by atoms with Crippen LogP contribution in [-0.2, 0) is 0 Å². The molecule has 2 unspecified atom stereocenters. The molecule has 68 valence electrons. The summed E-state index contributed by atoms with van der Waals surface area (Å²) in [6.07, 6.45) is 10.3. The van der Waals surface area contributed by atoms with Gasteiger partial charge in [0, 0.05) is 0 Å². The van der Waals surface area contributed by atoms with E-state index in [0.29, 0.717) is 11.3 Å².